The van der Waals surface area contributed by atoms with E-state index in [0.717, 1.165) is 16.6 Å². The van der Waals surface area contributed by atoms with Gasteiger partial charge in [-0.15, -0.1) is 0 Å². The van der Waals surface area contributed by atoms with Crippen molar-refractivity contribution in [3.63, 3.8) is 0 Å². The van der Waals surface area contributed by atoms with Crippen molar-refractivity contribution in [3.8, 4) is 0 Å². The molecular formula is C16H18N2O2. The lowest BCUT2D eigenvalue weighted by Gasteiger charge is -2.12. The van der Waals surface area contributed by atoms with Gasteiger partial charge in [-0.05, 0) is 31.2 Å². The molecular weight excluding hydrogens is 252 g/mol. The third kappa shape index (κ3) is 3.42. The van der Waals surface area contributed by atoms with Crippen LogP contribution in [0.25, 0.3) is 17.0 Å². The fourth-order valence-electron chi connectivity index (χ4n) is 1.90. The summed E-state index contributed by atoms with van der Waals surface area (Å²) in [4.78, 5) is 17.7. The number of fused-ring (bicyclic) bond motifs is 1. The van der Waals surface area contributed by atoms with Crippen LogP contribution in [0, 0.1) is 6.92 Å². The van der Waals surface area contributed by atoms with Crippen molar-refractivity contribution in [1.29, 1.82) is 0 Å². The Morgan fingerprint density at radius 2 is 2.15 bits per heavy atom. The summed E-state index contributed by atoms with van der Waals surface area (Å²) in [6.45, 7) is 2.33. The van der Waals surface area contributed by atoms with E-state index in [9.17, 15) is 4.79 Å². The van der Waals surface area contributed by atoms with Crippen molar-refractivity contribution in [2.75, 3.05) is 20.2 Å². The van der Waals surface area contributed by atoms with Crippen LogP contribution in [-0.4, -0.2) is 41.1 Å². The number of aliphatic hydroxyl groups excluding tert-OH is 1. The number of hydrogen-bond donors (Lipinski definition) is 1. The Labute approximate surface area is 118 Å². The Hall–Kier alpha value is -2.20. The Bertz CT molecular complexity index is 650. The minimum atomic E-state index is -0.148. The zero-order valence-electron chi connectivity index (χ0n) is 11.7. The first-order valence-electron chi connectivity index (χ1n) is 6.51. The average Bonchev–Trinajstić information content (AvgIpc) is 2.44. The van der Waals surface area contributed by atoms with Crippen LogP contribution in [0.5, 0.6) is 0 Å². The summed E-state index contributed by atoms with van der Waals surface area (Å²) in [6.07, 6.45) is 3.16. The normalized spacial score (nSPS) is 11.2. The Morgan fingerprint density at radius 1 is 1.35 bits per heavy atom. The number of pyridine rings is 1. The Kier molecular flexibility index (Phi) is 4.48. The second-order valence-corrected chi connectivity index (χ2v) is 4.75. The van der Waals surface area contributed by atoms with Crippen molar-refractivity contribution < 1.29 is 9.90 Å². The van der Waals surface area contributed by atoms with Gasteiger partial charge >= 0.3 is 0 Å². The topological polar surface area (TPSA) is 53.4 Å². The molecule has 20 heavy (non-hydrogen) atoms. The number of aryl methyl sites for hydroxylation is 1. The molecule has 0 saturated carbocycles. The van der Waals surface area contributed by atoms with Gasteiger partial charge in [0.1, 0.15) is 0 Å². The van der Waals surface area contributed by atoms with E-state index in [0.29, 0.717) is 6.54 Å². The fourth-order valence-corrected chi connectivity index (χ4v) is 1.90. The van der Waals surface area contributed by atoms with E-state index in [2.05, 4.69) is 11.1 Å². The number of aromatic nitrogens is 1. The lowest BCUT2D eigenvalue weighted by atomic mass is 10.1. The lowest BCUT2D eigenvalue weighted by molar-refractivity contribution is -0.125. The first-order valence-corrected chi connectivity index (χ1v) is 6.51. The molecule has 0 fully saturated rings. The van der Waals surface area contributed by atoms with Crippen LogP contribution in [0.4, 0.5) is 0 Å². The average molecular weight is 270 g/mol. The standard InChI is InChI=1S/C16H18N2O2/c1-12-3-7-15-13(11-12)4-5-14(17-15)6-8-16(20)18(2)9-10-19/h3-8,11,19H,9-10H2,1-2H3/b8-6+. The number of rotatable bonds is 4. The highest BCUT2D eigenvalue weighted by Crippen LogP contribution is 2.15. The highest BCUT2D eigenvalue weighted by molar-refractivity contribution is 5.91. The van der Waals surface area contributed by atoms with Gasteiger partial charge < -0.3 is 10.0 Å². The van der Waals surface area contributed by atoms with Gasteiger partial charge in [0.15, 0.2) is 0 Å². The summed E-state index contributed by atoms with van der Waals surface area (Å²) in [7, 11) is 1.65. The first-order chi connectivity index (χ1) is 9.60. The van der Waals surface area contributed by atoms with Crippen LogP contribution in [0.3, 0.4) is 0 Å². The second kappa shape index (κ2) is 6.30. The predicted molar refractivity (Wildman–Crippen MR) is 80.2 cm³/mol. The van der Waals surface area contributed by atoms with Gasteiger partial charge in [0.25, 0.3) is 0 Å². The van der Waals surface area contributed by atoms with Gasteiger partial charge in [-0.25, -0.2) is 4.98 Å². The molecule has 0 aliphatic heterocycles. The lowest BCUT2D eigenvalue weighted by Crippen LogP contribution is -2.27. The van der Waals surface area contributed by atoms with E-state index < -0.39 is 0 Å². The van der Waals surface area contributed by atoms with E-state index in [4.69, 9.17) is 5.11 Å². The van der Waals surface area contributed by atoms with Crippen LogP contribution in [0.1, 0.15) is 11.3 Å². The van der Waals surface area contributed by atoms with Crippen LogP contribution in [0.15, 0.2) is 36.4 Å². The molecule has 104 valence electrons. The molecule has 0 aliphatic rings. The molecule has 4 nitrogen and oxygen atoms in total. The Morgan fingerprint density at radius 3 is 2.90 bits per heavy atom. The van der Waals surface area contributed by atoms with Gasteiger partial charge in [0, 0.05) is 25.1 Å². The zero-order chi connectivity index (χ0) is 14.5. The molecule has 1 N–H and O–H groups in total. The monoisotopic (exact) mass is 270 g/mol. The first kappa shape index (κ1) is 14.2. The van der Waals surface area contributed by atoms with Crippen LogP contribution < -0.4 is 0 Å². The summed E-state index contributed by atoms with van der Waals surface area (Å²) in [5, 5.41) is 9.87. The van der Waals surface area contributed by atoms with E-state index in [1.54, 1.807) is 13.1 Å². The summed E-state index contributed by atoms with van der Waals surface area (Å²) in [6, 6.07) is 9.95. The van der Waals surface area contributed by atoms with Crippen molar-refractivity contribution in [2.24, 2.45) is 0 Å². The second-order valence-electron chi connectivity index (χ2n) is 4.75. The molecule has 2 rings (SSSR count). The van der Waals surface area contributed by atoms with Crippen LogP contribution in [-0.2, 0) is 4.79 Å². The zero-order valence-corrected chi connectivity index (χ0v) is 11.7. The van der Waals surface area contributed by atoms with Crippen molar-refractivity contribution in [1.82, 2.24) is 9.88 Å². The summed E-state index contributed by atoms with van der Waals surface area (Å²) in [5.41, 5.74) is 2.85. The molecule has 1 aromatic heterocycles. The molecule has 2 aromatic rings. The fraction of sp³-hybridized carbons (Fsp3) is 0.250. The maximum atomic E-state index is 11.7. The molecule has 0 spiro atoms. The van der Waals surface area contributed by atoms with Gasteiger partial charge in [0.2, 0.25) is 5.91 Å². The van der Waals surface area contributed by atoms with Crippen molar-refractivity contribution in [2.45, 2.75) is 6.92 Å². The van der Waals surface area contributed by atoms with Crippen LogP contribution >= 0.6 is 0 Å². The minimum Gasteiger partial charge on any atom is -0.395 e. The maximum absolute atomic E-state index is 11.7. The summed E-state index contributed by atoms with van der Waals surface area (Å²) >= 11 is 0. The molecule has 0 saturated heterocycles. The molecule has 0 bridgehead atoms. The SMILES string of the molecule is Cc1ccc2nc(/C=C/C(=O)N(C)CCO)ccc2c1. The molecule has 1 heterocycles. The largest absolute Gasteiger partial charge is 0.395 e. The third-order valence-electron chi connectivity index (χ3n) is 3.07. The molecule has 0 unspecified atom stereocenters. The number of carbonyl (C=O) groups is 1. The molecule has 0 aliphatic carbocycles. The predicted octanol–water partition coefficient (Wildman–Crippen LogP) is 2.01. The molecule has 1 aromatic carbocycles. The molecule has 1 amide bonds. The van der Waals surface area contributed by atoms with E-state index in [1.165, 1.54) is 16.5 Å². The van der Waals surface area contributed by atoms with Crippen molar-refractivity contribution in [3.05, 3.63) is 47.7 Å². The van der Waals surface area contributed by atoms with Gasteiger partial charge in [-0.3, -0.25) is 4.79 Å². The number of likely N-dealkylation sites (N-methyl/N-ethyl adjacent to an activating group) is 1. The number of carbonyl (C=O) groups excluding carboxylic acids is 1. The maximum Gasteiger partial charge on any atom is 0.246 e. The van der Waals surface area contributed by atoms with E-state index >= 15 is 0 Å². The van der Waals surface area contributed by atoms with Gasteiger partial charge in [0.05, 0.1) is 17.8 Å². The van der Waals surface area contributed by atoms with E-state index in [-0.39, 0.29) is 12.5 Å². The number of hydrogen-bond acceptors (Lipinski definition) is 3. The molecule has 4 heteroatoms. The quantitative estimate of drug-likeness (QED) is 0.865. The highest BCUT2D eigenvalue weighted by atomic mass is 16.3. The van der Waals surface area contributed by atoms with Crippen molar-refractivity contribution >= 4 is 22.9 Å². The number of amides is 1. The third-order valence-corrected chi connectivity index (χ3v) is 3.07. The van der Waals surface area contributed by atoms with E-state index in [1.807, 2.05) is 31.2 Å². The van der Waals surface area contributed by atoms with Gasteiger partial charge in [-0.1, -0.05) is 17.7 Å². The van der Waals surface area contributed by atoms with Crippen LogP contribution in [0.2, 0.25) is 0 Å². The minimum absolute atomic E-state index is 0.0380. The number of nitrogens with zero attached hydrogens (tertiary/aromatic N) is 2. The summed E-state index contributed by atoms with van der Waals surface area (Å²) in [5.74, 6) is -0.148. The Balaban J connectivity index is 2.17. The number of aliphatic hydroxyl groups is 1. The smallest absolute Gasteiger partial charge is 0.246 e. The summed E-state index contributed by atoms with van der Waals surface area (Å²) < 4.78 is 0. The van der Waals surface area contributed by atoms with Gasteiger partial charge in [-0.2, -0.15) is 0 Å². The number of benzene rings is 1. The molecule has 0 atom stereocenters. The molecule has 0 radical (unpaired) electrons. The highest BCUT2D eigenvalue weighted by Gasteiger charge is 2.03.